The Hall–Kier alpha value is -1.58. The highest BCUT2D eigenvalue weighted by Gasteiger charge is 2.04. The maximum atomic E-state index is 10.3. The van der Waals surface area contributed by atoms with Crippen LogP contribution in [0.2, 0.25) is 0 Å². The van der Waals surface area contributed by atoms with Crippen LogP contribution in [0.5, 0.6) is 0 Å². The van der Waals surface area contributed by atoms with Crippen molar-refractivity contribution in [2.24, 2.45) is 0 Å². The van der Waals surface area contributed by atoms with Crippen LogP contribution in [0.4, 0.5) is 0 Å². The Kier molecular flexibility index (Phi) is 10.9. The summed E-state index contributed by atoms with van der Waals surface area (Å²) in [5.41, 5.74) is 1.08. The van der Waals surface area contributed by atoms with Gasteiger partial charge in [-0.1, -0.05) is 18.2 Å². The first kappa shape index (κ1) is 21.5. The van der Waals surface area contributed by atoms with Gasteiger partial charge in [-0.05, 0) is 12.5 Å². The molecule has 140 valence electrons. The molecule has 1 aromatic heterocycles. The summed E-state index contributed by atoms with van der Waals surface area (Å²) in [6, 6.07) is 7.96. The number of hydrogen-bond acceptors (Lipinski definition) is 6. The number of aliphatic hydroxyl groups is 3. The predicted molar refractivity (Wildman–Crippen MR) is 95.5 cm³/mol. The van der Waals surface area contributed by atoms with Crippen LogP contribution in [0.25, 0.3) is 10.9 Å². The Balaban J connectivity index is 0.000000275. The van der Waals surface area contributed by atoms with Gasteiger partial charge >= 0.3 is 0 Å². The van der Waals surface area contributed by atoms with Crippen LogP contribution in [-0.2, 0) is 4.79 Å². The van der Waals surface area contributed by atoms with Gasteiger partial charge in [0.05, 0.1) is 19.8 Å². The number of carboxylic acids is 1. The van der Waals surface area contributed by atoms with Gasteiger partial charge in [0.25, 0.3) is 0 Å². The number of aromatic nitrogens is 1. The van der Waals surface area contributed by atoms with Crippen LogP contribution in [-0.4, -0.2) is 71.5 Å². The first-order chi connectivity index (χ1) is 12.1. The fourth-order valence-corrected chi connectivity index (χ4v) is 3.22. The SMILES string of the molecule is O=C([O-])CCSc1c[nH]c2ccccc12.OCC[NH+](CCO)CCO. The molecule has 0 aliphatic carbocycles. The largest absolute Gasteiger partial charge is 0.550 e. The Morgan fingerprint density at radius 1 is 1.08 bits per heavy atom. The molecule has 5 N–H and O–H groups in total. The minimum absolute atomic E-state index is 0.0875. The fraction of sp³-hybridized carbons (Fsp3) is 0.471. The van der Waals surface area contributed by atoms with E-state index in [0.29, 0.717) is 25.4 Å². The summed E-state index contributed by atoms with van der Waals surface area (Å²) in [5, 5.41) is 36.9. The zero-order valence-corrected chi connectivity index (χ0v) is 14.9. The predicted octanol–water partition coefficient (Wildman–Crippen LogP) is -1.75. The van der Waals surface area contributed by atoms with Gasteiger partial charge in [0.2, 0.25) is 0 Å². The second kappa shape index (κ2) is 12.7. The summed E-state index contributed by atoms with van der Waals surface area (Å²) in [6.07, 6.45) is 1.99. The molecule has 25 heavy (non-hydrogen) atoms. The summed E-state index contributed by atoms with van der Waals surface area (Å²) in [5.74, 6) is -0.452. The smallest absolute Gasteiger partial charge is 0.101 e. The van der Waals surface area contributed by atoms with E-state index in [0.717, 1.165) is 20.7 Å². The highest BCUT2D eigenvalue weighted by molar-refractivity contribution is 7.99. The number of carbonyl (C=O) groups is 1. The van der Waals surface area contributed by atoms with E-state index in [1.165, 1.54) is 11.8 Å². The topological polar surface area (TPSA) is 121 Å². The minimum Gasteiger partial charge on any atom is -0.550 e. The lowest BCUT2D eigenvalue weighted by atomic mass is 10.2. The summed E-state index contributed by atoms with van der Waals surface area (Å²) in [4.78, 5) is 15.5. The number of carbonyl (C=O) groups excluding carboxylic acids is 1. The van der Waals surface area contributed by atoms with E-state index in [2.05, 4.69) is 4.98 Å². The quantitative estimate of drug-likeness (QED) is 0.316. The van der Waals surface area contributed by atoms with Crippen LogP contribution in [0.15, 0.2) is 35.4 Å². The van der Waals surface area contributed by atoms with E-state index in [4.69, 9.17) is 15.3 Å². The van der Waals surface area contributed by atoms with Crippen molar-refractivity contribution in [1.29, 1.82) is 0 Å². The third kappa shape index (κ3) is 8.37. The van der Waals surface area contributed by atoms with Gasteiger partial charge in [0, 0.05) is 33.7 Å². The van der Waals surface area contributed by atoms with Crippen molar-refractivity contribution in [2.45, 2.75) is 11.3 Å². The molecule has 0 atom stereocenters. The molecule has 0 aliphatic rings. The number of nitrogens with one attached hydrogen (secondary N) is 2. The number of hydrogen-bond donors (Lipinski definition) is 5. The molecule has 0 bridgehead atoms. The zero-order valence-electron chi connectivity index (χ0n) is 14.1. The van der Waals surface area contributed by atoms with Crippen molar-refractivity contribution in [3.05, 3.63) is 30.5 Å². The molecule has 0 fully saturated rings. The first-order valence-electron chi connectivity index (χ1n) is 8.17. The average Bonchev–Trinajstić information content (AvgIpc) is 2.99. The third-order valence-corrected chi connectivity index (χ3v) is 4.57. The van der Waals surface area contributed by atoms with Gasteiger partial charge in [-0.2, -0.15) is 0 Å². The number of rotatable bonds is 10. The molecule has 1 heterocycles. The molecule has 0 saturated heterocycles. The molecule has 0 spiro atoms. The number of aromatic amines is 1. The number of aliphatic carboxylic acids is 1. The molecule has 0 radical (unpaired) electrons. The molecule has 0 saturated carbocycles. The lowest BCUT2D eigenvalue weighted by molar-refractivity contribution is -0.901. The standard InChI is InChI=1S/C11H11NO2S.C6H15NO3/c13-11(14)5-6-15-10-7-12-9-4-2-1-3-8(9)10;8-4-1-7(2-5-9)3-6-10/h1-4,7,12H,5-6H2,(H,13,14);8-10H,1-6H2. The Bertz CT molecular complexity index is 606. The lowest BCUT2D eigenvalue weighted by Gasteiger charge is -2.15. The van der Waals surface area contributed by atoms with E-state index in [1.54, 1.807) is 0 Å². The summed E-state index contributed by atoms with van der Waals surface area (Å²) < 4.78 is 0. The van der Waals surface area contributed by atoms with Crippen LogP contribution in [0.1, 0.15) is 6.42 Å². The normalized spacial score (nSPS) is 10.7. The van der Waals surface area contributed by atoms with Gasteiger partial charge in [-0.3, -0.25) is 0 Å². The van der Waals surface area contributed by atoms with Crippen molar-refractivity contribution >= 4 is 28.6 Å². The van der Waals surface area contributed by atoms with E-state index in [-0.39, 0.29) is 26.2 Å². The van der Waals surface area contributed by atoms with Crippen LogP contribution in [0, 0.1) is 0 Å². The lowest BCUT2D eigenvalue weighted by Crippen LogP contribution is -3.13. The zero-order chi connectivity index (χ0) is 18.5. The number of para-hydroxylation sites is 1. The molecule has 2 aromatic rings. The van der Waals surface area contributed by atoms with Crippen molar-refractivity contribution in [1.82, 2.24) is 4.98 Å². The van der Waals surface area contributed by atoms with E-state index < -0.39 is 5.97 Å². The van der Waals surface area contributed by atoms with Crippen molar-refractivity contribution in [3.63, 3.8) is 0 Å². The van der Waals surface area contributed by atoms with E-state index in [1.807, 2.05) is 30.5 Å². The summed E-state index contributed by atoms with van der Waals surface area (Å²) in [6.45, 7) is 2.11. The number of quaternary nitrogens is 1. The van der Waals surface area contributed by atoms with Crippen molar-refractivity contribution in [2.75, 3.05) is 45.2 Å². The number of H-pyrrole nitrogens is 1. The molecule has 7 nitrogen and oxygen atoms in total. The number of fused-ring (bicyclic) bond motifs is 1. The molecule has 0 amide bonds. The summed E-state index contributed by atoms with van der Waals surface area (Å²) >= 11 is 1.53. The highest BCUT2D eigenvalue weighted by atomic mass is 32.2. The monoisotopic (exact) mass is 370 g/mol. The van der Waals surface area contributed by atoms with E-state index >= 15 is 0 Å². The maximum absolute atomic E-state index is 10.3. The molecule has 0 aliphatic heterocycles. The number of carboxylic acid groups (broad SMARTS) is 1. The Morgan fingerprint density at radius 3 is 2.24 bits per heavy atom. The van der Waals surface area contributed by atoms with E-state index in [9.17, 15) is 9.90 Å². The number of aliphatic hydroxyl groups excluding tert-OH is 3. The fourth-order valence-electron chi connectivity index (χ4n) is 2.26. The molecule has 1 aromatic carbocycles. The number of thioether (sulfide) groups is 1. The van der Waals surface area contributed by atoms with Gasteiger partial charge in [-0.25, -0.2) is 0 Å². The summed E-state index contributed by atoms with van der Waals surface area (Å²) in [7, 11) is 0. The molecule has 8 heteroatoms. The van der Waals surface area contributed by atoms with Crippen molar-refractivity contribution < 1.29 is 30.1 Å². The van der Waals surface area contributed by atoms with Gasteiger partial charge in [0.1, 0.15) is 19.6 Å². The average molecular weight is 370 g/mol. The van der Waals surface area contributed by atoms with Gasteiger partial charge in [0.15, 0.2) is 0 Å². The van der Waals surface area contributed by atoms with Gasteiger partial charge in [-0.15, -0.1) is 11.8 Å². The van der Waals surface area contributed by atoms with Crippen molar-refractivity contribution in [3.8, 4) is 0 Å². The molecular weight excluding hydrogens is 344 g/mol. The molecule has 2 rings (SSSR count). The minimum atomic E-state index is -0.998. The molecular formula is C17H26N2O5S. The van der Waals surface area contributed by atoms with Crippen LogP contribution >= 0.6 is 11.8 Å². The second-order valence-electron chi connectivity index (χ2n) is 5.34. The maximum Gasteiger partial charge on any atom is 0.101 e. The third-order valence-electron chi connectivity index (χ3n) is 3.51. The Labute approximate surface area is 151 Å². The highest BCUT2D eigenvalue weighted by Crippen LogP contribution is 2.27. The molecule has 0 unspecified atom stereocenters. The second-order valence-corrected chi connectivity index (χ2v) is 6.48. The number of benzene rings is 1. The van der Waals surface area contributed by atoms with Gasteiger partial charge < -0.3 is 35.1 Å². The van der Waals surface area contributed by atoms with Crippen LogP contribution in [0.3, 0.4) is 0 Å². The first-order valence-corrected chi connectivity index (χ1v) is 9.15. The Morgan fingerprint density at radius 2 is 1.68 bits per heavy atom. The van der Waals surface area contributed by atoms with Crippen LogP contribution < -0.4 is 10.0 Å².